The predicted octanol–water partition coefficient (Wildman–Crippen LogP) is 2.33. The fraction of sp³-hybridized carbons (Fsp3) is 0.812. The predicted molar refractivity (Wildman–Crippen MR) is 81.6 cm³/mol. The lowest BCUT2D eigenvalue weighted by atomic mass is 9.86. The number of amides is 1. The van der Waals surface area contributed by atoms with Crippen LogP contribution in [0.1, 0.15) is 53.9 Å². The van der Waals surface area contributed by atoms with Crippen molar-refractivity contribution in [2.45, 2.75) is 59.9 Å². The Bertz CT molecular complexity index is 365. The van der Waals surface area contributed by atoms with Gasteiger partial charge in [0.2, 0.25) is 5.91 Å². The minimum atomic E-state index is -0.535. The highest BCUT2D eigenvalue weighted by Crippen LogP contribution is 2.20. The van der Waals surface area contributed by atoms with Crippen LogP contribution >= 0.6 is 0 Å². The quantitative estimate of drug-likeness (QED) is 0.663. The van der Waals surface area contributed by atoms with E-state index in [1.807, 2.05) is 27.7 Å². The van der Waals surface area contributed by atoms with E-state index in [9.17, 15) is 14.4 Å². The third-order valence-electron chi connectivity index (χ3n) is 3.66. The van der Waals surface area contributed by atoms with E-state index in [2.05, 4.69) is 5.32 Å². The van der Waals surface area contributed by atoms with Crippen LogP contribution in [0.3, 0.4) is 0 Å². The van der Waals surface area contributed by atoms with Gasteiger partial charge in [-0.25, -0.2) is 0 Å². The Labute approximate surface area is 127 Å². The van der Waals surface area contributed by atoms with Crippen molar-refractivity contribution in [3.8, 4) is 0 Å². The first-order valence-electron chi connectivity index (χ1n) is 7.60. The number of rotatable bonds is 9. The maximum atomic E-state index is 12.5. The molecule has 0 aromatic carbocycles. The van der Waals surface area contributed by atoms with E-state index >= 15 is 0 Å². The summed E-state index contributed by atoms with van der Waals surface area (Å²) in [6.45, 7) is 9.29. The fourth-order valence-electron chi connectivity index (χ4n) is 2.36. The van der Waals surface area contributed by atoms with Gasteiger partial charge in [-0.3, -0.25) is 14.4 Å². The van der Waals surface area contributed by atoms with E-state index in [4.69, 9.17) is 4.74 Å². The molecule has 0 fully saturated rings. The molecule has 122 valence electrons. The van der Waals surface area contributed by atoms with Gasteiger partial charge in [-0.05, 0) is 18.3 Å². The molecule has 0 saturated heterocycles. The zero-order chi connectivity index (χ0) is 16.6. The second kappa shape index (κ2) is 9.53. The van der Waals surface area contributed by atoms with Gasteiger partial charge in [-0.2, -0.15) is 0 Å². The van der Waals surface area contributed by atoms with Crippen LogP contribution in [-0.4, -0.2) is 30.8 Å². The average molecular weight is 299 g/mol. The van der Waals surface area contributed by atoms with Crippen molar-refractivity contribution < 1.29 is 19.1 Å². The number of hydrogen-bond donors (Lipinski definition) is 1. The summed E-state index contributed by atoms with van der Waals surface area (Å²) in [7, 11) is 1.33. The molecule has 0 radical (unpaired) electrons. The molecule has 21 heavy (non-hydrogen) atoms. The molecule has 0 unspecified atom stereocenters. The van der Waals surface area contributed by atoms with Gasteiger partial charge in [-0.15, -0.1) is 0 Å². The highest BCUT2D eigenvalue weighted by Gasteiger charge is 2.30. The first-order chi connectivity index (χ1) is 9.72. The van der Waals surface area contributed by atoms with Gasteiger partial charge in [-0.1, -0.05) is 34.1 Å². The van der Waals surface area contributed by atoms with E-state index in [0.29, 0.717) is 12.3 Å². The number of Topliss-reactive ketones (excluding diaryl/α,β-unsaturated/α-hetero) is 1. The molecule has 0 bridgehead atoms. The number of ketones is 1. The first kappa shape index (κ1) is 19.6. The fourth-order valence-corrected chi connectivity index (χ4v) is 2.36. The molecule has 0 rings (SSSR count). The first-order valence-corrected chi connectivity index (χ1v) is 7.60. The summed E-state index contributed by atoms with van der Waals surface area (Å²) in [4.78, 5) is 35.6. The smallest absolute Gasteiger partial charge is 0.309 e. The topological polar surface area (TPSA) is 72.5 Å². The van der Waals surface area contributed by atoms with E-state index in [1.165, 1.54) is 14.0 Å². The summed E-state index contributed by atoms with van der Waals surface area (Å²) in [6, 6.07) is -0.535. The van der Waals surface area contributed by atoms with Crippen LogP contribution in [0.5, 0.6) is 0 Å². The van der Waals surface area contributed by atoms with Crippen molar-refractivity contribution in [2.24, 2.45) is 17.8 Å². The Morgan fingerprint density at radius 3 is 2.10 bits per heavy atom. The molecule has 0 aliphatic carbocycles. The van der Waals surface area contributed by atoms with Gasteiger partial charge < -0.3 is 10.1 Å². The second-order valence-electron chi connectivity index (χ2n) is 6.08. The van der Waals surface area contributed by atoms with Crippen molar-refractivity contribution in [3.05, 3.63) is 0 Å². The molecule has 1 amide bonds. The number of methoxy groups -OCH3 is 1. The minimum Gasteiger partial charge on any atom is -0.469 e. The van der Waals surface area contributed by atoms with Crippen molar-refractivity contribution >= 4 is 17.7 Å². The zero-order valence-corrected chi connectivity index (χ0v) is 14.1. The minimum absolute atomic E-state index is 0.0405. The summed E-state index contributed by atoms with van der Waals surface area (Å²) < 4.78 is 4.78. The second-order valence-corrected chi connectivity index (χ2v) is 6.08. The summed E-state index contributed by atoms with van der Waals surface area (Å²) >= 11 is 0. The number of carbonyl (C=O) groups is 3. The lowest BCUT2D eigenvalue weighted by Gasteiger charge is -2.24. The number of carbonyl (C=O) groups excluding carboxylic acids is 3. The van der Waals surface area contributed by atoms with Gasteiger partial charge in [0, 0.05) is 13.3 Å². The highest BCUT2D eigenvalue weighted by molar-refractivity contribution is 5.91. The van der Waals surface area contributed by atoms with Crippen LogP contribution in [0.25, 0.3) is 0 Å². The molecule has 0 spiro atoms. The van der Waals surface area contributed by atoms with Crippen molar-refractivity contribution in [2.75, 3.05) is 7.11 Å². The summed E-state index contributed by atoms with van der Waals surface area (Å²) in [5.41, 5.74) is 0. The molecule has 0 aromatic heterocycles. The van der Waals surface area contributed by atoms with Crippen LogP contribution < -0.4 is 5.32 Å². The Hall–Kier alpha value is -1.39. The summed E-state index contributed by atoms with van der Waals surface area (Å²) in [5, 5.41) is 2.71. The van der Waals surface area contributed by atoms with Crippen molar-refractivity contribution in [1.82, 2.24) is 5.32 Å². The van der Waals surface area contributed by atoms with E-state index in [-0.39, 0.29) is 30.0 Å². The van der Waals surface area contributed by atoms with E-state index < -0.39 is 12.0 Å². The highest BCUT2D eigenvalue weighted by atomic mass is 16.5. The third kappa shape index (κ3) is 7.25. The summed E-state index contributed by atoms with van der Waals surface area (Å²) in [5.74, 6) is -0.795. The molecule has 5 nitrogen and oxygen atoms in total. The monoisotopic (exact) mass is 299 g/mol. The van der Waals surface area contributed by atoms with Gasteiger partial charge in [0.1, 0.15) is 0 Å². The maximum Gasteiger partial charge on any atom is 0.309 e. The van der Waals surface area contributed by atoms with Crippen LogP contribution in [-0.2, 0) is 19.1 Å². The SMILES string of the molecule is CC[C@H](C)[C@H](NC(C)=O)C(=O)C[C@@H](CC(C)C)C(=O)OC. The van der Waals surface area contributed by atoms with Crippen LogP contribution in [0.2, 0.25) is 0 Å². The molecule has 5 heteroatoms. The molecule has 0 aliphatic rings. The van der Waals surface area contributed by atoms with E-state index in [1.54, 1.807) is 0 Å². The largest absolute Gasteiger partial charge is 0.469 e. The normalized spacial score (nSPS) is 15.2. The van der Waals surface area contributed by atoms with Gasteiger partial charge in [0.05, 0.1) is 19.1 Å². The van der Waals surface area contributed by atoms with Gasteiger partial charge >= 0.3 is 5.97 Å². The Morgan fingerprint density at radius 1 is 1.14 bits per heavy atom. The maximum absolute atomic E-state index is 12.5. The van der Waals surface area contributed by atoms with Crippen LogP contribution in [0.15, 0.2) is 0 Å². The standard InChI is InChI=1S/C16H29NO4/c1-7-11(4)15(17-12(5)18)14(19)9-13(8-10(2)3)16(20)21-6/h10-11,13,15H,7-9H2,1-6H3,(H,17,18)/t11-,13+,15-/m0/s1. The molecule has 0 saturated carbocycles. The van der Waals surface area contributed by atoms with Gasteiger partial charge in [0.15, 0.2) is 5.78 Å². The van der Waals surface area contributed by atoms with E-state index in [0.717, 1.165) is 6.42 Å². The number of ether oxygens (including phenoxy) is 1. The van der Waals surface area contributed by atoms with Gasteiger partial charge in [0.25, 0.3) is 0 Å². The molecular formula is C16H29NO4. The van der Waals surface area contributed by atoms with Crippen molar-refractivity contribution in [1.29, 1.82) is 0 Å². The van der Waals surface area contributed by atoms with Crippen LogP contribution in [0, 0.1) is 17.8 Å². The Morgan fingerprint density at radius 2 is 1.71 bits per heavy atom. The summed E-state index contributed by atoms with van der Waals surface area (Å²) in [6.07, 6.45) is 1.50. The van der Waals surface area contributed by atoms with Crippen molar-refractivity contribution in [3.63, 3.8) is 0 Å². The molecular weight excluding hydrogens is 270 g/mol. The molecule has 0 aromatic rings. The molecule has 0 heterocycles. The Balaban J connectivity index is 4.96. The third-order valence-corrected chi connectivity index (χ3v) is 3.66. The zero-order valence-electron chi connectivity index (χ0n) is 14.1. The Kier molecular flexibility index (Phi) is 8.90. The van der Waals surface area contributed by atoms with Crippen LogP contribution in [0.4, 0.5) is 0 Å². The molecule has 1 N–H and O–H groups in total. The lowest BCUT2D eigenvalue weighted by molar-refractivity contribution is -0.148. The molecule has 3 atom stereocenters. The number of hydrogen-bond acceptors (Lipinski definition) is 4. The lowest BCUT2D eigenvalue weighted by Crippen LogP contribution is -2.45. The number of nitrogens with one attached hydrogen (secondary N) is 1. The number of esters is 1. The molecule has 0 aliphatic heterocycles. The average Bonchev–Trinajstić information content (AvgIpc) is 2.41.